The number of benzene rings is 3. The molecule has 0 spiro atoms. The minimum Gasteiger partial charge on any atom is -0.491 e. The van der Waals surface area contributed by atoms with Gasteiger partial charge < -0.3 is 19.7 Å². The van der Waals surface area contributed by atoms with Crippen molar-refractivity contribution in [1.82, 2.24) is 0 Å². The fraction of sp³-hybridized carbons (Fsp3) is 0.367. The summed E-state index contributed by atoms with van der Waals surface area (Å²) in [6, 6.07) is 16.1. The van der Waals surface area contributed by atoms with Crippen molar-refractivity contribution in [2.75, 3.05) is 18.1 Å². The van der Waals surface area contributed by atoms with E-state index in [0.717, 1.165) is 27.8 Å². The number of carboxylic acids is 1. The van der Waals surface area contributed by atoms with E-state index in [1.807, 2.05) is 50.2 Å². The Hall–Kier alpha value is -3.43. The zero-order valence-electron chi connectivity index (χ0n) is 22.1. The van der Waals surface area contributed by atoms with Crippen LogP contribution in [0.5, 0.6) is 11.5 Å². The van der Waals surface area contributed by atoms with Gasteiger partial charge in [-0.2, -0.15) is 0 Å². The summed E-state index contributed by atoms with van der Waals surface area (Å²) in [7, 11) is -3.08. The molecule has 208 valence electrons. The Morgan fingerprint density at radius 1 is 0.974 bits per heavy atom. The van der Waals surface area contributed by atoms with Crippen molar-refractivity contribution in [3.05, 3.63) is 82.7 Å². The average molecular weight is 557 g/mol. The minimum atomic E-state index is -3.08. The first kappa shape index (κ1) is 28.6. The fourth-order valence-corrected chi connectivity index (χ4v) is 6.37. The van der Waals surface area contributed by atoms with E-state index in [9.17, 15) is 22.7 Å². The number of hydrogen-bond acceptors (Lipinski definition) is 6. The van der Waals surface area contributed by atoms with Crippen LogP contribution in [0, 0.1) is 19.7 Å². The molecule has 1 fully saturated rings. The number of carboxylic acid groups (broad SMARTS) is 1. The number of carbonyl (C=O) groups is 1. The molecule has 1 aliphatic rings. The van der Waals surface area contributed by atoms with Gasteiger partial charge in [0, 0.05) is 12.5 Å². The fourth-order valence-electron chi connectivity index (χ4n) is 4.79. The van der Waals surface area contributed by atoms with Gasteiger partial charge in [-0.05, 0) is 90.8 Å². The van der Waals surface area contributed by atoms with Crippen LogP contribution >= 0.6 is 0 Å². The monoisotopic (exact) mass is 556 g/mol. The van der Waals surface area contributed by atoms with Gasteiger partial charge in [-0.15, -0.1) is 0 Å². The van der Waals surface area contributed by atoms with Crippen LogP contribution in [0.25, 0.3) is 11.1 Å². The normalized spacial score (nSPS) is 16.0. The van der Waals surface area contributed by atoms with Crippen molar-refractivity contribution in [3.8, 4) is 22.6 Å². The molecule has 3 aromatic carbocycles. The third-order valence-corrected chi connectivity index (χ3v) is 8.68. The van der Waals surface area contributed by atoms with Crippen molar-refractivity contribution in [3.63, 3.8) is 0 Å². The molecule has 0 aromatic heterocycles. The van der Waals surface area contributed by atoms with E-state index in [0.29, 0.717) is 17.1 Å². The van der Waals surface area contributed by atoms with Gasteiger partial charge >= 0.3 is 5.97 Å². The molecule has 2 N–H and O–H groups in total. The molecule has 9 heteroatoms. The van der Waals surface area contributed by atoms with Crippen LogP contribution in [0.2, 0.25) is 0 Å². The topological polar surface area (TPSA) is 110 Å². The van der Waals surface area contributed by atoms with Gasteiger partial charge in [-0.3, -0.25) is 4.79 Å². The predicted molar refractivity (Wildman–Crippen MR) is 146 cm³/mol. The second kappa shape index (κ2) is 11.8. The Morgan fingerprint density at radius 2 is 1.67 bits per heavy atom. The van der Waals surface area contributed by atoms with Gasteiger partial charge in [0.05, 0.1) is 11.5 Å². The lowest BCUT2D eigenvalue weighted by molar-refractivity contribution is -0.136. The van der Waals surface area contributed by atoms with E-state index in [2.05, 4.69) is 0 Å². The van der Waals surface area contributed by atoms with Crippen LogP contribution in [-0.2, 0) is 27.7 Å². The molecular weight excluding hydrogens is 523 g/mol. The number of rotatable bonds is 10. The number of aliphatic hydroxyl groups is 1. The quantitative estimate of drug-likeness (QED) is 0.361. The molecular formula is C30H33FO7S. The molecule has 1 saturated heterocycles. The van der Waals surface area contributed by atoms with E-state index in [1.165, 1.54) is 6.07 Å². The summed E-state index contributed by atoms with van der Waals surface area (Å²) < 4.78 is 49.4. The SMILES string of the molecule is Cc1cc(OCC2(O)CCS(=O)(=O)CC2)cc(C)c1-c1cccc(COc2ccc(CCC(=O)O)c(F)c2)c1. The Bertz CT molecular complexity index is 1430. The third kappa shape index (κ3) is 7.58. The summed E-state index contributed by atoms with van der Waals surface area (Å²) in [4.78, 5) is 10.7. The highest BCUT2D eigenvalue weighted by atomic mass is 32.2. The maximum atomic E-state index is 14.3. The summed E-state index contributed by atoms with van der Waals surface area (Å²) in [5.74, 6) is -0.545. The number of hydrogen-bond donors (Lipinski definition) is 2. The molecule has 0 aliphatic carbocycles. The summed E-state index contributed by atoms with van der Waals surface area (Å²) in [6.45, 7) is 4.23. The van der Waals surface area contributed by atoms with Crippen molar-refractivity contribution in [2.45, 2.75) is 51.7 Å². The molecule has 0 radical (unpaired) electrons. The largest absolute Gasteiger partial charge is 0.491 e. The molecule has 0 amide bonds. The van der Waals surface area contributed by atoms with E-state index < -0.39 is 27.2 Å². The van der Waals surface area contributed by atoms with Crippen LogP contribution in [0.15, 0.2) is 54.6 Å². The third-order valence-electron chi connectivity index (χ3n) is 7.02. The maximum absolute atomic E-state index is 14.3. The lowest BCUT2D eigenvalue weighted by atomic mass is 9.94. The number of aliphatic carboxylic acids is 1. The average Bonchev–Trinajstić information content (AvgIpc) is 2.88. The van der Waals surface area contributed by atoms with Gasteiger partial charge in [0.15, 0.2) is 9.84 Å². The first-order chi connectivity index (χ1) is 18.4. The first-order valence-electron chi connectivity index (χ1n) is 12.8. The molecule has 0 atom stereocenters. The zero-order valence-corrected chi connectivity index (χ0v) is 22.9. The highest BCUT2D eigenvalue weighted by Gasteiger charge is 2.36. The molecule has 1 heterocycles. The lowest BCUT2D eigenvalue weighted by Crippen LogP contribution is -2.43. The number of sulfone groups is 1. The first-order valence-corrected chi connectivity index (χ1v) is 14.6. The molecule has 1 aliphatic heterocycles. The Labute approximate surface area is 228 Å². The molecule has 3 aromatic rings. The number of ether oxygens (including phenoxy) is 2. The van der Waals surface area contributed by atoms with Gasteiger partial charge in [0.1, 0.15) is 36.1 Å². The van der Waals surface area contributed by atoms with E-state index in [4.69, 9.17) is 14.6 Å². The van der Waals surface area contributed by atoms with Gasteiger partial charge in [-0.25, -0.2) is 12.8 Å². The molecule has 0 bridgehead atoms. The molecule has 0 unspecified atom stereocenters. The van der Waals surface area contributed by atoms with Crippen LogP contribution < -0.4 is 9.47 Å². The summed E-state index contributed by atoms with van der Waals surface area (Å²) >= 11 is 0. The van der Waals surface area contributed by atoms with Crippen molar-refractivity contribution >= 4 is 15.8 Å². The molecule has 7 nitrogen and oxygen atoms in total. The van der Waals surface area contributed by atoms with Crippen LogP contribution in [0.3, 0.4) is 0 Å². The highest BCUT2D eigenvalue weighted by molar-refractivity contribution is 7.91. The van der Waals surface area contributed by atoms with Crippen molar-refractivity contribution < 1.29 is 37.3 Å². The van der Waals surface area contributed by atoms with Gasteiger partial charge in [-0.1, -0.05) is 24.3 Å². The Kier molecular flexibility index (Phi) is 8.61. The van der Waals surface area contributed by atoms with Gasteiger partial charge in [0.2, 0.25) is 0 Å². The zero-order chi connectivity index (χ0) is 28.2. The molecule has 39 heavy (non-hydrogen) atoms. The van der Waals surface area contributed by atoms with Gasteiger partial charge in [0.25, 0.3) is 0 Å². The van der Waals surface area contributed by atoms with Crippen molar-refractivity contribution in [2.24, 2.45) is 0 Å². The molecule has 0 saturated carbocycles. The van der Waals surface area contributed by atoms with Crippen LogP contribution in [0.4, 0.5) is 4.39 Å². The lowest BCUT2D eigenvalue weighted by Gasteiger charge is -2.31. The van der Waals surface area contributed by atoms with E-state index in [-0.39, 0.29) is 50.4 Å². The Morgan fingerprint density at radius 3 is 2.31 bits per heavy atom. The summed E-state index contributed by atoms with van der Waals surface area (Å²) in [6.07, 6.45) is 0.325. The Balaban J connectivity index is 1.42. The summed E-state index contributed by atoms with van der Waals surface area (Å²) in [5, 5.41) is 19.5. The highest BCUT2D eigenvalue weighted by Crippen LogP contribution is 2.33. The standard InChI is InChI=1S/C30H33FO7S/c1-20-14-26(38-19-30(34)10-12-39(35,36)13-11-30)15-21(2)29(20)24-5-3-4-22(16-24)18-37-25-8-6-23(27(31)17-25)7-9-28(32)33/h3-6,8,14-17,34H,7,9-13,18-19H2,1-2H3,(H,32,33). The second-order valence-electron chi connectivity index (χ2n) is 10.2. The van der Waals surface area contributed by atoms with Crippen molar-refractivity contribution in [1.29, 1.82) is 0 Å². The maximum Gasteiger partial charge on any atom is 0.303 e. The predicted octanol–water partition coefficient (Wildman–Crippen LogP) is 5.02. The van der Waals surface area contributed by atoms with E-state index in [1.54, 1.807) is 12.1 Å². The summed E-state index contributed by atoms with van der Waals surface area (Å²) in [5.41, 5.74) is 4.09. The number of aryl methyl sites for hydroxylation is 3. The number of halogens is 1. The minimum absolute atomic E-state index is 0.0308. The van der Waals surface area contributed by atoms with Crippen LogP contribution in [-0.4, -0.2) is 48.3 Å². The van der Waals surface area contributed by atoms with Crippen LogP contribution in [0.1, 0.15) is 41.5 Å². The van der Waals surface area contributed by atoms with E-state index >= 15 is 0 Å². The second-order valence-corrected chi connectivity index (χ2v) is 12.5. The molecule has 4 rings (SSSR count). The smallest absolute Gasteiger partial charge is 0.303 e.